The molecule has 0 fully saturated rings. The summed E-state index contributed by atoms with van der Waals surface area (Å²) in [7, 11) is 0. The van der Waals surface area contributed by atoms with Crippen LogP contribution in [0.2, 0.25) is 0 Å². The normalized spacial score (nSPS) is 11.2. The Morgan fingerprint density at radius 3 is 1.48 bits per heavy atom. The van der Waals surface area contributed by atoms with Crippen LogP contribution in [-0.2, 0) is 0 Å². The molecule has 0 aliphatic heterocycles. The molecule has 232 valence electrons. The predicted molar refractivity (Wildman–Crippen MR) is 209 cm³/mol. The Kier molecular flexibility index (Phi) is 7.10. The molecule has 0 N–H and O–H groups in total. The zero-order chi connectivity index (χ0) is 33.6. The van der Waals surface area contributed by atoms with Gasteiger partial charge in [-0.3, -0.25) is 0 Å². The number of rotatable bonds is 5. The van der Waals surface area contributed by atoms with Crippen LogP contribution < -0.4 is 4.90 Å². The highest BCUT2D eigenvalue weighted by molar-refractivity contribution is 7.26. The Morgan fingerprint density at radius 2 is 0.920 bits per heavy atom. The van der Waals surface area contributed by atoms with Gasteiger partial charge >= 0.3 is 0 Å². The molecule has 0 unspecified atom stereocenters. The summed E-state index contributed by atoms with van der Waals surface area (Å²) in [5.74, 6) is 0. The third kappa shape index (κ3) is 5.13. The molecule has 0 bridgehead atoms. The number of hydrogen-bond donors (Lipinski definition) is 0. The van der Waals surface area contributed by atoms with Crippen molar-refractivity contribution in [3.05, 3.63) is 175 Å². The highest BCUT2D eigenvalue weighted by Crippen LogP contribution is 2.45. The fourth-order valence-corrected chi connectivity index (χ4v) is 8.14. The molecule has 0 saturated heterocycles. The number of nitrogens with zero attached hydrogens (tertiary/aromatic N) is 3. The smallest absolute Gasteiger partial charge is 0.0991 e. The first-order chi connectivity index (χ1) is 24.6. The predicted octanol–water partition coefficient (Wildman–Crippen LogP) is 12.9. The Hall–Kier alpha value is -6.72. The van der Waals surface area contributed by atoms with E-state index >= 15 is 0 Å². The SMILES string of the molecule is N#Cc1ccc2ccc(-c3ccc(N(c4ccc(-c5ccc6ccc(C#N)cc6c5)cc4)c4cccc5c4sc4ccccc45)cc3)cc2c1. The minimum atomic E-state index is 0.663. The Labute approximate surface area is 293 Å². The van der Waals surface area contributed by atoms with Crippen molar-refractivity contribution in [2.24, 2.45) is 0 Å². The summed E-state index contributed by atoms with van der Waals surface area (Å²) >= 11 is 1.83. The molecule has 0 saturated carbocycles. The summed E-state index contributed by atoms with van der Waals surface area (Å²) in [5, 5.41) is 25.7. The fourth-order valence-electron chi connectivity index (χ4n) is 6.93. The van der Waals surface area contributed by atoms with Crippen LogP contribution in [0.15, 0.2) is 164 Å². The van der Waals surface area contributed by atoms with E-state index in [-0.39, 0.29) is 0 Å². The molecule has 0 radical (unpaired) electrons. The molecule has 50 heavy (non-hydrogen) atoms. The number of benzene rings is 8. The average molecular weight is 654 g/mol. The van der Waals surface area contributed by atoms with Gasteiger partial charge < -0.3 is 4.90 Å². The van der Waals surface area contributed by atoms with E-state index in [9.17, 15) is 10.5 Å². The number of anilines is 3. The van der Waals surface area contributed by atoms with E-state index in [2.05, 4.69) is 144 Å². The Bertz CT molecular complexity index is 2690. The van der Waals surface area contributed by atoms with Crippen molar-refractivity contribution in [3.63, 3.8) is 0 Å². The quantitative estimate of drug-likeness (QED) is 0.186. The topological polar surface area (TPSA) is 50.8 Å². The zero-order valence-corrected chi connectivity index (χ0v) is 27.7. The minimum absolute atomic E-state index is 0.663. The van der Waals surface area contributed by atoms with Crippen molar-refractivity contribution in [1.29, 1.82) is 10.5 Å². The summed E-state index contributed by atoms with van der Waals surface area (Å²) in [6, 6.07) is 61.7. The molecule has 9 aromatic rings. The van der Waals surface area contributed by atoms with Crippen LogP contribution in [0.5, 0.6) is 0 Å². The lowest BCUT2D eigenvalue weighted by Gasteiger charge is -2.26. The monoisotopic (exact) mass is 653 g/mol. The van der Waals surface area contributed by atoms with E-state index < -0.39 is 0 Å². The van der Waals surface area contributed by atoms with E-state index in [0.29, 0.717) is 11.1 Å². The molecular weight excluding hydrogens is 627 g/mol. The van der Waals surface area contributed by atoms with E-state index in [1.165, 1.54) is 20.2 Å². The number of fused-ring (bicyclic) bond motifs is 5. The first kappa shape index (κ1) is 29.4. The third-order valence-corrected chi connectivity index (χ3v) is 10.7. The molecule has 0 atom stereocenters. The van der Waals surface area contributed by atoms with Crippen LogP contribution in [0.1, 0.15) is 11.1 Å². The van der Waals surface area contributed by atoms with Gasteiger partial charge in [0, 0.05) is 26.8 Å². The molecule has 9 rings (SSSR count). The first-order valence-electron chi connectivity index (χ1n) is 16.4. The van der Waals surface area contributed by atoms with Crippen LogP contribution in [0.3, 0.4) is 0 Å². The van der Waals surface area contributed by atoms with Crippen LogP contribution >= 0.6 is 11.3 Å². The van der Waals surface area contributed by atoms with E-state index in [1.807, 2.05) is 47.7 Å². The van der Waals surface area contributed by atoms with E-state index in [4.69, 9.17) is 0 Å². The Balaban J connectivity index is 1.15. The van der Waals surface area contributed by atoms with Crippen molar-refractivity contribution in [1.82, 2.24) is 0 Å². The maximum absolute atomic E-state index is 9.43. The van der Waals surface area contributed by atoms with Gasteiger partial charge in [0.1, 0.15) is 0 Å². The number of thiophene rings is 1. The lowest BCUT2D eigenvalue weighted by molar-refractivity contribution is 1.30. The summed E-state index contributed by atoms with van der Waals surface area (Å²) < 4.78 is 2.51. The highest BCUT2D eigenvalue weighted by Gasteiger charge is 2.18. The molecule has 0 aliphatic carbocycles. The molecule has 1 aromatic heterocycles. The van der Waals surface area contributed by atoms with Gasteiger partial charge in [0.15, 0.2) is 0 Å². The van der Waals surface area contributed by atoms with Crippen molar-refractivity contribution < 1.29 is 0 Å². The minimum Gasteiger partial charge on any atom is -0.309 e. The first-order valence-corrected chi connectivity index (χ1v) is 17.3. The maximum atomic E-state index is 9.43. The number of hydrogen-bond acceptors (Lipinski definition) is 4. The Morgan fingerprint density at radius 1 is 0.420 bits per heavy atom. The second kappa shape index (κ2) is 12.1. The van der Waals surface area contributed by atoms with Crippen LogP contribution in [-0.4, -0.2) is 0 Å². The molecule has 0 aliphatic rings. The number of nitriles is 2. The lowest BCUT2D eigenvalue weighted by Crippen LogP contribution is -2.10. The van der Waals surface area contributed by atoms with Gasteiger partial charge in [0.2, 0.25) is 0 Å². The third-order valence-electron chi connectivity index (χ3n) is 9.48. The highest BCUT2D eigenvalue weighted by atomic mass is 32.1. The van der Waals surface area contributed by atoms with Crippen molar-refractivity contribution >= 4 is 70.1 Å². The van der Waals surface area contributed by atoms with Crippen LogP contribution in [0, 0.1) is 22.7 Å². The van der Waals surface area contributed by atoms with Gasteiger partial charge in [0.05, 0.1) is 33.7 Å². The second-order valence-corrected chi connectivity index (χ2v) is 13.5. The molecule has 0 amide bonds. The molecule has 3 nitrogen and oxygen atoms in total. The van der Waals surface area contributed by atoms with Gasteiger partial charge in [-0.25, -0.2) is 0 Å². The summed E-state index contributed by atoms with van der Waals surface area (Å²) in [6.07, 6.45) is 0. The second-order valence-electron chi connectivity index (χ2n) is 12.5. The molecule has 1 heterocycles. The summed E-state index contributed by atoms with van der Waals surface area (Å²) in [6.45, 7) is 0. The fraction of sp³-hybridized carbons (Fsp3) is 0. The average Bonchev–Trinajstić information content (AvgIpc) is 3.57. The van der Waals surface area contributed by atoms with Crippen LogP contribution in [0.25, 0.3) is 64.0 Å². The molecule has 4 heteroatoms. The summed E-state index contributed by atoms with van der Waals surface area (Å²) in [4.78, 5) is 2.35. The van der Waals surface area contributed by atoms with Gasteiger partial charge in [-0.15, -0.1) is 11.3 Å². The van der Waals surface area contributed by atoms with E-state index in [0.717, 1.165) is 60.9 Å². The largest absolute Gasteiger partial charge is 0.309 e. The maximum Gasteiger partial charge on any atom is 0.0991 e. The molecule has 8 aromatic carbocycles. The van der Waals surface area contributed by atoms with Crippen molar-refractivity contribution in [3.8, 4) is 34.4 Å². The van der Waals surface area contributed by atoms with Crippen molar-refractivity contribution in [2.75, 3.05) is 4.90 Å². The molecule has 0 spiro atoms. The van der Waals surface area contributed by atoms with E-state index in [1.54, 1.807) is 0 Å². The zero-order valence-electron chi connectivity index (χ0n) is 26.8. The molecular formula is C46H27N3S. The van der Waals surface area contributed by atoms with Gasteiger partial charge in [-0.2, -0.15) is 10.5 Å². The van der Waals surface area contributed by atoms with Gasteiger partial charge in [-0.05, 0) is 117 Å². The van der Waals surface area contributed by atoms with Crippen molar-refractivity contribution in [2.45, 2.75) is 0 Å². The van der Waals surface area contributed by atoms with Crippen LogP contribution in [0.4, 0.5) is 17.1 Å². The lowest BCUT2D eigenvalue weighted by atomic mass is 9.99. The summed E-state index contributed by atoms with van der Waals surface area (Å²) in [5.41, 5.74) is 9.04. The van der Waals surface area contributed by atoms with Gasteiger partial charge in [-0.1, -0.05) is 91.0 Å². The van der Waals surface area contributed by atoms with Gasteiger partial charge in [0.25, 0.3) is 0 Å². The standard InChI is InChI=1S/C46H27N3S/c47-28-30-8-10-34-12-14-36(26-38(34)24-30)32-16-20-40(21-17-32)49(44-6-3-5-43-42-4-1-2-7-45(42)50-46(43)44)41-22-18-33(19-23-41)37-15-13-35-11-9-31(29-48)25-39(35)27-37/h1-27H.